The monoisotopic (exact) mass is 351 g/mol. The molecule has 3 amide bonds. The Kier molecular flexibility index (Phi) is 5.19. The van der Waals surface area contributed by atoms with E-state index in [1.54, 1.807) is 48.5 Å². The first kappa shape index (κ1) is 17.1. The van der Waals surface area contributed by atoms with Crippen LogP contribution in [0.25, 0.3) is 0 Å². The van der Waals surface area contributed by atoms with Crippen LogP contribution in [0.4, 0.5) is 16.2 Å². The number of phenolic OH excluding ortho intramolecular Hbond substituents is 1. The van der Waals surface area contributed by atoms with Crippen molar-refractivity contribution < 1.29 is 19.1 Å². The smallest absolute Gasteiger partial charge is 0.319 e. The highest BCUT2D eigenvalue weighted by Gasteiger charge is 2.10. The van der Waals surface area contributed by atoms with Gasteiger partial charge < -0.3 is 25.5 Å². The van der Waals surface area contributed by atoms with Gasteiger partial charge in [0.05, 0.1) is 18.4 Å². The zero-order valence-corrected chi connectivity index (χ0v) is 13.7. The molecule has 132 valence electrons. The van der Waals surface area contributed by atoms with E-state index in [0.29, 0.717) is 17.1 Å². The van der Waals surface area contributed by atoms with Crippen LogP contribution in [0.3, 0.4) is 0 Å². The molecule has 7 nitrogen and oxygen atoms in total. The summed E-state index contributed by atoms with van der Waals surface area (Å²) in [6.07, 6.45) is 1.54. The van der Waals surface area contributed by atoms with E-state index in [4.69, 9.17) is 4.42 Å². The lowest BCUT2D eigenvalue weighted by Crippen LogP contribution is -2.27. The number of hydrogen-bond acceptors (Lipinski definition) is 4. The van der Waals surface area contributed by atoms with Crippen molar-refractivity contribution in [2.24, 2.45) is 0 Å². The second-order valence-corrected chi connectivity index (χ2v) is 5.44. The van der Waals surface area contributed by atoms with Gasteiger partial charge in [-0.1, -0.05) is 12.1 Å². The minimum Gasteiger partial charge on any atom is -0.507 e. The third-order valence-electron chi connectivity index (χ3n) is 3.55. The van der Waals surface area contributed by atoms with Crippen molar-refractivity contribution in [3.63, 3.8) is 0 Å². The van der Waals surface area contributed by atoms with Crippen LogP contribution >= 0.6 is 0 Å². The second-order valence-electron chi connectivity index (χ2n) is 5.44. The fraction of sp³-hybridized carbons (Fsp3) is 0.0526. The molecular formula is C19H17N3O4. The van der Waals surface area contributed by atoms with Crippen LogP contribution in [0.1, 0.15) is 16.1 Å². The normalized spacial score (nSPS) is 10.2. The average Bonchev–Trinajstić information content (AvgIpc) is 3.15. The molecule has 4 N–H and O–H groups in total. The maximum absolute atomic E-state index is 12.1. The van der Waals surface area contributed by atoms with Gasteiger partial charge in [-0.15, -0.1) is 0 Å². The minimum absolute atomic E-state index is 0.0866. The molecule has 26 heavy (non-hydrogen) atoms. The Morgan fingerprint density at radius 2 is 1.58 bits per heavy atom. The first-order valence-corrected chi connectivity index (χ1v) is 7.88. The van der Waals surface area contributed by atoms with Crippen LogP contribution in [-0.4, -0.2) is 17.0 Å². The zero-order chi connectivity index (χ0) is 18.4. The van der Waals surface area contributed by atoms with E-state index in [9.17, 15) is 14.7 Å². The van der Waals surface area contributed by atoms with Gasteiger partial charge in [0, 0.05) is 11.4 Å². The standard InChI is InChI=1S/C19H17N3O4/c23-17-6-2-1-5-16(17)18(24)21-13-7-9-14(10-8-13)22-19(25)20-12-15-4-3-11-26-15/h1-11,23H,12H2,(H,21,24)(H2,20,22,25). The predicted octanol–water partition coefficient (Wildman–Crippen LogP) is 3.56. The summed E-state index contributed by atoms with van der Waals surface area (Å²) in [5.74, 6) is 0.152. The number of anilines is 2. The van der Waals surface area contributed by atoms with E-state index in [0.717, 1.165) is 0 Å². The number of carbonyl (C=O) groups is 2. The van der Waals surface area contributed by atoms with Crippen molar-refractivity contribution in [2.45, 2.75) is 6.54 Å². The molecule has 0 unspecified atom stereocenters. The first-order chi connectivity index (χ1) is 12.6. The number of furan rings is 1. The molecule has 1 heterocycles. The Morgan fingerprint density at radius 3 is 2.23 bits per heavy atom. The molecule has 1 aromatic heterocycles. The molecule has 0 spiro atoms. The maximum atomic E-state index is 12.1. The number of amides is 3. The number of hydrogen-bond donors (Lipinski definition) is 4. The van der Waals surface area contributed by atoms with Gasteiger partial charge in [0.25, 0.3) is 5.91 Å². The summed E-state index contributed by atoms with van der Waals surface area (Å²) in [5.41, 5.74) is 1.30. The van der Waals surface area contributed by atoms with Gasteiger partial charge in [0.15, 0.2) is 0 Å². The molecule has 0 aliphatic carbocycles. The number of phenols is 1. The van der Waals surface area contributed by atoms with Crippen LogP contribution in [0.15, 0.2) is 71.3 Å². The number of benzene rings is 2. The fourth-order valence-corrected chi connectivity index (χ4v) is 2.26. The van der Waals surface area contributed by atoms with Gasteiger partial charge in [-0.2, -0.15) is 0 Å². The SMILES string of the molecule is O=C(NCc1ccco1)Nc1ccc(NC(=O)c2ccccc2O)cc1. The van der Waals surface area contributed by atoms with Crippen molar-refractivity contribution in [2.75, 3.05) is 10.6 Å². The summed E-state index contributed by atoms with van der Waals surface area (Å²) in [6.45, 7) is 0.285. The van der Waals surface area contributed by atoms with Gasteiger partial charge in [-0.25, -0.2) is 4.79 Å². The summed E-state index contributed by atoms with van der Waals surface area (Å²) in [4.78, 5) is 24.0. The Balaban J connectivity index is 1.54. The lowest BCUT2D eigenvalue weighted by Gasteiger charge is -2.09. The highest BCUT2D eigenvalue weighted by molar-refractivity contribution is 6.06. The van der Waals surface area contributed by atoms with Crippen LogP contribution in [-0.2, 0) is 6.54 Å². The van der Waals surface area contributed by atoms with Gasteiger partial charge in [-0.05, 0) is 48.5 Å². The molecule has 0 bridgehead atoms. The van der Waals surface area contributed by atoms with Crippen LogP contribution < -0.4 is 16.0 Å². The predicted molar refractivity (Wildman–Crippen MR) is 97.1 cm³/mol. The molecular weight excluding hydrogens is 334 g/mol. The van der Waals surface area contributed by atoms with Crippen LogP contribution in [0, 0.1) is 0 Å². The van der Waals surface area contributed by atoms with Crippen molar-refractivity contribution in [3.8, 4) is 5.75 Å². The number of urea groups is 1. The minimum atomic E-state index is -0.417. The quantitative estimate of drug-likeness (QED) is 0.564. The lowest BCUT2D eigenvalue weighted by molar-refractivity contribution is 0.102. The largest absolute Gasteiger partial charge is 0.507 e. The summed E-state index contributed by atoms with van der Waals surface area (Å²) >= 11 is 0. The third-order valence-corrected chi connectivity index (χ3v) is 3.55. The summed E-state index contributed by atoms with van der Waals surface area (Å²) in [6, 6.07) is 16.1. The molecule has 0 atom stereocenters. The summed E-state index contributed by atoms with van der Waals surface area (Å²) in [7, 11) is 0. The Labute approximate surface area is 149 Å². The molecule has 0 fully saturated rings. The molecule has 0 aliphatic rings. The van der Waals surface area contributed by atoms with E-state index >= 15 is 0 Å². The fourth-order valence-electron chi connectivity index (χ4n) is 2.26. The lowest BCUT2D eigenvalue weighted by atomic mass is 10.2. The summed E-state index contributed by atoms with van der Waals surface area (Å²) < 4.78 is 5.13. The molecule has 3 rings (SSSR count). The van der Waals surface area contributed by atoms with E-state index < -0.39 is 5.91 Å². The zero-order valence-electron chi connectivity index (χ0n) is 13.7. The Hall–Kier alpha value is -3.74. The molecule has 7 heteroatoms. The van der Waals surface area contributed by atoms with Crippen molar-refractivity contribution in [3.05, 3.63) is 78.3 Å². The molecule has 0 saturated carbocycles. The van der Waals surface area contributed by atoms with E-state index in [2.05, 4.69) is 16.0 Å². The van der Waals surface area contributed by atoms with Gasteiger partial charge in [0.1, 0.15) is 11.5 Å². The van der Waals surface area contributed by atoms with Crippen molar-refractivity contribution >= 4 is 23.3 Å². The van der Waals surface area contributed by atoms with Crippen LogP contribution in [0.2, 0.25) is 0 Å². The molecule has 2 aromatic carbocycles. The third kappa shape index (κ3) is 4.41. The van der Waals surface area contributed by atoms with E-state index in [1.165, 1.54) is 18.4 Å². The van der Waals surface area contributed by atoms with E-state index in [1.807, 2.05) is 0 Å². The molecule has 0 aliphatic heterocycles. The van der Waals surface area contributed by atoms with Gasteiger partial charge >= 0.3 is 6.03 Å². The molecule has 3 aromatic rings. The Bertz CT molecular complexity index is 889. The molecule has 0 saturated heterocycles. The average molecular weight is 351 g/mol. The summed E-state index contributed by atoms with van der Waals surface area (Å²) in [5, 5.41) is 17.7. The number of rotatable bonds is 5. The maximum Gasteiger partial charge on any atom is 0.319 e. The van der Waals surface area contributed by atoms with Gasteiger partial charge in [-0.3, -0.25) is 4.79 Å². The Morgan fingerprint density at radius 1 is 0.885 bits per heavy atom. The second kappa shape index (κ2) is 7.89. The number of aromatic hydroxyl groups is 1. The number of nitrogens with one attached hydrogen (secondary N) is 3. The van der Waals surface area contributed by atoms with Crippen molar-refractivity contribution in [1.29, 1.82) is 0 Å². The van der Waals surface area contributed by atoms with Crippen LogP contribution in [0.5, 0.6) is 5.75 Å². The highest BCUT2D eigenvalue weighted by atomic mass is 16.3. The number of para-hydroxylation sites is 1. The molecule has 0 radical (unpaired) electrons. The van der Waals surface area contributed by atoms with Gasteiger partial charge in [0.2, 0.25) is 0 Å². The van der Waals surface area contributed by atoms with Crippen molar-refractivity contribution in [1.82, 2.24) is 5.32 Å². The highest BCUT2D eigenvalue weighted by Crippen LogP contribution is 2.19. The number of carbonyl (C=O) groups excluding carboxylic acids is 2. The first-order valence-electron chi connectivity index (χ1n) is 7.88. The topological polar surface area (TPSA) is 104 Å². The van der Waals surface area contributed by atoms with E-state index in [-0.39, 0.29) is 23.9 Å².